The van der Waals surface area contributed by atoms with Gasteiger partial charge in [0.15, 0.2) is 0 Å². The van der Waals surface area contributed by atoms with Gasteiger partial charge in [0.1, 0.15) is 5.60 Å². The molecule has 4 heteroatoms. The van der Waals surface area contributed by atoms with Gasteiger partial charge in [-0.05, 0) is 39.0 Å². The van der Waals surface area contributed by atoms with Gasteiger partial charge in [-0.3, -0.25) is 4.79 Å². The van der Waals surface area contributed by atoms with Crippen LogP contribution in [-0.4, -0.2) is 35.4 Å². The molecule has 2 N–H and O–H groups in total. The van der Waals surface area contributed by atoms with E-state index in [1.807, 2.05) is 6.92 Å². The highest BCUT2D eigenvalue weighted by molar-refractivity contribution is 5.85. The molecule has 1 saturated carbocycles. The first kappa shape index (κ1) is 10.9. The van der Waals surface area contributed by atoms with Crippen LogP contribution in [0, 0.1) is 0 Å². The van der Waals surface area contributed by atoms with Crippen molar-refractivity contribution in [2.75, 3.05) is 13.2 Å². The largest absolute Gasteiger partial charge is 0.388 e. The van der Waals surface area contributed by atoms with Crippen molar-refractivity contribution in [1.82, 2.24) is 5.32 Å². The fraction of sp³-hybridized carbons (Fsp3) is 0.909. The summed E-state index contributed by atoms with van der Waals surface area (Å²) in [6.45, 7) is 2.85. The Kier molecular flexibility index (Phi) is 2.73. The molecule has 2 rings (SSSR count). The van der Waals surface area contributed by atoms with Crippen LogP contribution < -0.4 is 5.32 Å². The molecule has 1 unspecified atom stereocenters. The van der Waals surface area contributed by atoms with Crippen molar-refractivity contribution in [3.8, 4) is 0 Å². The maximum Gasteiger partial charge on any atom is 0.252 e. The summed E-state index contributed by atoms with van der Waals surface area (Å²) >= 11 is 0. The molecule has 2 fully saturated rings. The Morgan fingerprint density at radius 3 is 2.60 bits per heavy atom. The van der Waals surface area contributed by atoms with E-state index in [1.165, 1.54) is 0 Å². The van der Waals surface area contributed by atoms with Crippen molar-refractivity contribution < 1.29 is 14.6 Å². The summed E-state index contributed by atoms with van der Waals surface area (Å²) in [5.41, 5.74) is -1.31. The Labute approximate surface area is 90.0 Å². The molecule has 2 aliphatic rings. The predicted octanol–water partition coefficient (Wildman–Crippen LogP) is 0.587. The minimum absolute atomic E-state index is 0.0830. The second-order valence-electron chi connectivity index (χ2n) is 4.94. The lowest BCUT2D eigenvalue weighted by Gasteiger charge is -2.37. The first-order valence-electron chi connectivity index (χ1n) is 5.69. The van der Waals surface area contributed by atoms with Gasteiger partial charge in [0.05, 0.1) is 5.60 Å². The topological polar surface area (TPSA) is 58.6 Å². The quantitative estimate of drug-likeness (QED) is 0.721. The molecule has 0 aromatic rings. The first-order valence-corrected chi connectivity index (χ1v) is 5.69. The number of hydrogen-bond donors (Lipinski definition) is 2. The minimum atomic E-state index is -0.667. The summed E-state index contributed by atoms with van der Waals surface area (Å²) in [5.74, 6) is -0.0830. The standard InChI is InChI=1S/C11H19NO3/c1-10(4-3-7-15-10)9(13)12-8-11(14)5-2-6-11/h14H,2-8H2,1H3,(H,12,13). The lowest BCUT2D eigenvalue weighted by atomic mass is 9.80. The molecule has 1 atom stereocenters. The second kappa shape index (κ2) is 3.76. The number of aliphatic hydroxyl groups is 1. The van der Waals surface area contributed by atoms with Gasteiger partial charge in [-0.2, -0.15) is 0 Å². The van der Waals surface area contributed by atoms with E-state index in [0.29, 0.717) is 13.2 Å². The summed E-state index contributed by atoms with van der Waals surface area (Å²) in [4.78, 5) is 11.8. The zero-order valence-corrected chi connectivity index (χ0v) is 9.21. The lowest BCUT2D eigenvalue weighted by molar-refractivity contribution is -0.141. The van der Waals surface area contributed by atoms with Crippen LogP contribution in [0.4, 0.5) is 0 Å². The van der Waals surface area contributed by atoms with E-state index in [1.54, 1.807) is 0 Å². The van der Waals surface area contributed by atoms with Crippen molar-refractivity contribution in [1.29, 1.82) is 0 Å². The number of ether oxygens (including phenoxy) is 1. The van der Waals surface area contributed by atoms with Gasteiger partial charge in [0.25, 0.3) is 5.91 Å². The molecule has 0 aromatic heterocycles. The van der Waals surface area contributed by atoms with Crippen molar-refractivity contribution in [2.24, 2.45) is 0 Å². The first-order chi connectivity index (χ1) is 7.04. The average molecular weight is 213 g/mol. The summed E-state index contributed by atoms with van der Waals surface area (Å²) in [7, 11) is 0. The van der Waals surface area contributed by atoms with E-state index in [0.717, 1.165) is 32.1 Å². The van der Waals surface area contributed by atoms with Crippen LogP contribution in [0.15, 0.2) is 0 Å². The zero-order chi connectivity index (χ0) is 10.9. The monoisotopic (exact) mass is 213 g/mol. The van der Waals surface area contributed by atoms with Crippen LogP contribution in [0.3, 0.4) is 0 Å². The van der Waals surface area contributed by atoms with E-state index in [9.17, 15) is 9.90 Å². The van der Waals surface area contributed by atoms with E-state index in [-0.39, 0.29) is 5.91 Å². The Bertz CT molecular complexity index is 255. The van der Waals surface area contributed by atoms with Crippen molar-refractivity contribution >= 4 is 5.91 Å². The summed E-state index contributed by atoms with van der Waals surface area (Å²) < 4.78 is 5.43. The number of nitrogens with one attached hydrogen (secondary N) is 1. The molecule has 1 heterocycles. The molecule has 1 aliphatic carbocycles. The Morgan fingerprint density at radius 1 is 1.40 bits per heavy atom. The highest BCUT2D eigenvalue weighted by Gasteiger charge is 2.40. The SMILES string of the molecule is CC1(C(=O)NCC2(O)CCC2)CCCO1. The maximum atomic E-state index is 11.8. The minimum Gasteiger partial charge on any atom is -0.388 e. The fourth-order valence-electron chi connectivity index (χ4n) is 2.15. The van der Waals surface area contributed by atoms with Crippen molar-refractivity contribution in [3.05, 3.63) is 0 Å². The number of hydrogen-bond acceptors (Lipinski definition) is 3. The molecule has 4 nitrogen and oxygen atoms in total. The number of rotatable bonds is 3. The van der Waals surface area contributed by atoms with Crippen LogP contribution >= 0.6 is 0 Å². The molecule has 0 radical (unpaired) electrons. The molecular weight excluding hydrogens is 194 g/mol. The Balaban J connectivity index is 1.81. The molecule has 1 amide bonds. The summed E-state index contributed by atoms with van der Waals surface area (Å²) in [6.07, 6.45) is 4.36. The molecule has 0 spiro atoms. The lowest BCUT2D eigenvalue weighted by Crippen LogP contribution is -2.52. The fourth-order valence-corrected chi connectivity index (χ4v) is 2.15. The Hall–Kier alpha value is -0.610. The number of carbonyl (C=O) groups is 1. The molecular formula is C11H19NO3. The van der Waals surface area contributed by atoms with Crippen LogP contribution in [0.2, 0.25) is 0 Å². The van der Waals surface area contributed by atoms with Gasteiger partial charge in [0, 0.05) is 13.2 Å². The van der Waals surface area contributed by atoms with Crippen molar-refractivity contribution in [2.45, 2.75) is 50.2 Å². The average Bonchev–Trinajstić information content (AvgIpc) is 2.60. The zero-order valence-electron chi connectivity index (χ0n) is 9.21. The second-order valence-corrected chi connectivity index (χ2v) is 4.94. The Morgan fingerprint density at radius 2 is 2.13 bits per heavy atom. The van der Waals surface area contributed by atoms with Gasteiger partial charge in [0.2, 0.25) is 0 Å². The normalized spacial score (nSPS) is 33.5. The summed E-state index contributed by atoms with van der Waals surface area (Å²) in [6, 6.07) is 0. The third-order valence-electron chi connectivity index (χ3n) is 3.56. The van der Waals surface area contributed by atoms with Gasteiger partial charge in [-0.25, -0.2) is 0 Å². The van der Waals surface area contributed by atoms with Gasteiger partial charge in [-0.1, -0.05) is 0 Å². The molecule has 0 bridgehead atoms. The van der Waals surface area contributed by atoms with Gasteiger partial charge >= 0.3 is 0 Å². The van der Waals surface area contributed by atoms with Crippen LogP contribution in [0.5, 0.6) is 0 Å². The molecule has 1 aliphatic heterocycles. The molecule has 0 aromatic carbocycles. The van der Waals surface area contributed by atoms with Gasteiger partial charge in [-0.15, -0.1) is 0 Å². The molecule has 1 saturated heterocycles. The van der Waals surface area contributed by atoms with E-state index < -0.39 is 11.2 Å². The van der Waals surface area contributed by atoms with E-state index >= 15 is 0 Å². The number of carbonyl (C=O) groups excluding carboxylic acids is 1. The van der Waals surface area contributed by atoms with Crippen LogP contribution in [0.25, 0.3) is 0 Å². The van der Waals surface area contributed by atoms with Crippen LogP contribution in [0.1, 0.15) is 39.0 Å². The van der Waals surface area contributed by atoms with E-state index in [2.05, 4.69) is 5.32 Å². The third kappa shape index (κ3) is 2.16. The van der Waals surface area contributed by atoms with E-state index in [4.69, 9.17) is 4.74 Å². The molecule has 86 valence electrons. The smallest absolute Gasteiger partial charge is 0.252 e. The highest BCUT2D eigenvalue weighted by Crippen LogP contribution is 2.31. The van der Waals surface area contributed by atoms with Crippen molar-refractivity contribution in [3.63, 3.8) is 0 Å². The maximum absolute atomic E-state index is 11.8. The highest BCUT2D eigenvalue weighted by atomic mass is 16.5. The van der Waals surface area contributed by atoms with Crippen LogP contribution in [-0.2, 0) is 9.53 Å². The molecule has 15 heavy (non-hydrogen) atoms. The predicted molar refractivity (Wildman–Crippen MR) is 55.4 cm³/mol. The number of amides is 1. The van der Waals surface area contributed by atoms with Gasteiger partial charge < -0.3 is 15.2 Å². The third-order valence-corrected chi connectivity index (χ3v) is 3.56. The summed E-state index contributed by atoms with van der Waals surface area (Å²) in [5, 5.41) is 12.6.